The van der Waals surface area contributed by atoms with Crippen LogP contribution in [0.15, 0.2) is 18.2 Å². The third-order valence-electron chi connectivity index (χ3n) is 3.38. The van der Waals surface area contributed by atoms with Gasteiger partial charge >= 0.3 is 0 Å². The van der Waals surface area contributed by atoms with E-state index in [2.05, 4.69) is 5.32 Å². The summed E-state index contributed by atoms with van der Waals surface area (Å²) in [4.78, 5) is 13.9. The summed E-state index contributed by atoms with van der Waals surface area (Å²) in [6.07, 6.45) is 0.284. The molecule has 0 atom stereocenters. The van der Waals surface area contributed by atoms with E-state index in [1.54, 1.807) is 18.2 Å². The predicted molar refractivity (Wildman–Crippen MR) is 84.2 cm³/mol. The highest BCUT2D eigenvalue weighted by Gasteiger charge is 2.21. The number of nitrogens with two attached hydrogens (primary N) is 1. The van der Waals surface area contributed by atoms with Crippen LogP contribution in [-0.2, 0) is 14.6 Å². The fourth-order valence-corrected chi connectivity index (χ4v) is 3.53. The number of halogens is 1. The molecule has 1 saturated heterocycles. The Labute approximate surface area is 129 Å². The van der Waals surface area contributed by atoms with Gasteiger partial charge in [0, 0.05) is 31.1 Å². The number of hydrogen-bond donors (Lipinski definition) is 2. The van der Waals surface area contributed by atoms with E-state index < -0.39 is 9.84 Å². The van der Waals surface area contributed by atoms with Crippen LogP contribution in [0.2, 0.25) is 5.02 Å². The molecule has 116 valence electrons. The molecular formula is C13H18ClN3O3S. The molecule has 0 spiro atoms. The van der Waals surface area contributed by atoms with Crippen LogP contribution < -0.4 is 11.1 Å². The summed E-state index contributed by atoms with van der Waals surface area (Å²) in [5.74, 6) is 0.156. The van der Waals surface area contributed by atoms with E-state index in [1.807, 2.05) is 4.90 Å². The number of sulfone groups is 1. The Morgan fingerprint density at radius 3 is 2.67 bits per heavy atom. The molecule has 1 amide bonds. The summed E-state index contributed by atoms with van der Waals surface area (Å²) in [6.45, 7) is 1.49. The van der Waals surface area contributed by atoms with E-state index in [9.17, 15) is 13.2 Å². The maximum absolute atomic E-state index is 11.9. The van der Waals surface area contributed by atoms with Crippen molar-refractivity contribution in [2.45, 2.75) is 6.42 Å². The van der Waals surface area contributed by atoms with E-state index in [0.29, 0.717) is 36.0 Å². The van der Waals surface area contributed by atoms with Crippen LogP contribution in [0.3, 0.4) is 0 Å². The molecule has 0 aromatic heterocycles. The smallest absolute Gasteiger partial charge is 0.225 e. The van der Waals surface area contributed by atoms with Gasteiger partial charge in [0.2, 0.25) is 5.91 Å². The second-order valence-corrected chi connectivity index (χ2v) is 7.76. The number of rotatable bonds is 4. The summed E-state index contributed by atoms with van der Waals surface area (Å²) in [5.41, 5.74) is 6.71. The molecule has 0 aliphatic carbocycles. The summed E-state index contributed by atoms with van der Waals surface area (Å²) in [7, 11) is -2.89. The van der Waals surface area contributed by atoms with Crippen molar-refractivity contribution in [1.82, 2.24) is 4.90 Å². The molecule has 3 N–H and O–H groups in total. The predicted octanol–water partition coefficient (Wildman–Crippen LogP) is 0.981. The van der Waals surface area contributed by atoms with Gasteiger partial charge in [0.25, 0.3) is 0 Å². The van der Waals surface area contributed by atoms with Crippen LogP contribution in [0.5, 0.6) is 0 Å². The van der Waals surface area contributed by atoms with Crippen molar-refractivity contribution in [3.63, 3.8) is 0 Å². The lowest BCUT2D eigenvalue weighted by Gasteiger charge is -2.26. The molecule has 0 saturated carbocycles. The van der Waals surface area contributed by atoms with Gasteiger partial charge in [-0.3, -0.25) is 4.79 Å². The molecule has 1 heterocycles. The number of benzene rings is 1. The Morgan fingerprint density at radius 2 is 2.00 bits per heavy atom. The van der Waals surface area contributed by atoms with Crippen molar-refractivity contribution in [3.8, 4) is 0 Å². The molecule has 1 aromatic carbocycles. The number of carbonyl (C=O) groups excluding carboxylic acids is 1. The molecule has 1 aromatic rings. The van der Waals surface area contributed by atoms with E-state index in [0.717, 1.165) is 0 Å². The van der Waals surface area contributed by atoms with Gasteiger partial charge in [0.1, 0.15) is 0 Å². The van der Waals surface area contributed by atoms with Crippen LogP contribution in [0.1, 0.15) is 6.42 Å². The molecular weight excluding hydrogens is 314 g/mol. The van der Waals surface area contributed by atoms with Crippen LogP contribution in [0, 0.1) is 0 Å². The molecule has 1 aliphatic heterocycles. The van der Waals surface area contributed by atoms with Crippen LogP contribution in [0.25, 0.3) is 0 Å². The molecule has 6 nitrogen and oxygen atoms in total. The Morgan fingerprint density at radius 1 is 1.33 bits per heavy atom. The Kier molecular flexibility index (Phi) is 5.08. The molecule has 0 radical (unpaired) electrons. The molecule has 2 rings (SSSR count). The average molecular weight is 332 g/mol. The third kappa shape index (κ3) is 4.87. The number of nitrogen functional groups attached to an aromatic ring is 1. The Balaban J connectivity index is 1.81. The van der Waals surface area contributed by atoms with Crippen molar-refractivity contribution in [1.29, 1.82) is 0 Å². The molecule has 1 fully saturated rings. The second kappa shape index (κ2) is 6.64. The van der Waals surface area contributed by atoms with E-state index in [-0.39, 0.29) is 23.8 Å². The quantitative estimate of drug-likeness (QED) is 0.802. The fourth-order valence-electron chi connectivity index (χ4n) is 2.08. The number of hydrogen-bond acceptors (Lipinski definition) is 5. The maximum Gasteiger partial charge on any atom is 0.225 e. The lowest BCUT2D eigenvalue weighted by molar-refractivity contribution is -0.116. The van der Waals surface area contributed by atoms with E-state index in [4.69, 9.17) is 17.3 Å². The lowest BCUT2D eigenvalue weighted by atomic mass is 10.2. The van der Waals surface area contributed by atoms with Gasteiger partial charge in [-0.15, -0.1) is 0 Å². The van der Waals surface area contributed by atoms with Crippen molar-refractivity contribution >= 4 is 38.7 Å². The van der Waals surface area contributed by atoms with Crippen molar-refractivity contribution in [2.24, 2.45) is 0 Å². The highest BCUT2D eigenvalue weighted by molar-refractivity contribution is 7.91. The minimum Gasteiger partial charge on any atom is -0.397 e. The fraction of sp³-hybridized carbons (Fsp3) is 0.462. The SMILES string of the molecule is Nc1ccc(Cl)cc1NC(=O)CCN1CCS(=O)(=O)CC1. The van der Waals surface area contributed by atoms with Crippen molar-refractivity contribution < 1.29 is 13.2 Å². The molecule has 8 heteroatoms. The van der Waals surface area contributed by atoms with Gasteiger partial charge in [-0.2, -0.15) is 0 Å². The molecule has 0 bridgehead atoms. The highest BCUT2D eigenvalue weighted by Crippen LogP contribution is 2.23. The number of anilines is 2. The van der Waals surface area contributed by atoms with Crippen LogP contribution >= 0.6 is 11.6 Å². The Bertz CT molecular complexity index is 620. The summed E-state index contributed by atoms with van der Waals surface area (Å²) >= 11 is 5.85. The third-order valence-corrected chi connectivity index (χ3v) is 5.23. The van der Waals surface area contributed by atoms with E-state index in [1.165, 1.54) is 0 Å². The van der Waals surface area contributed by atoms with Crippen molar-refractivity contribution in [3.05, 3.63) is 23.2 Å². The first kappa shape index (κ1) is 16.1. The first-order valence-electron chi connectivity index (χ1n) is 6.63. The normalized spacial score (nSPS) is 18.3. The molecule has 1 aliphatic rings. The molecule has 0 unspecified atom stereocenters. The summed E-state index contributed by atoms with van der Waals surface area (Å²) in [6, 6.07) is 4.89. The van der Waals surface area contributed by atoms with Gasteiger partial charge in [0.05, 0.1) is 22.9 Å². The lowest BCUT2D eigenvalue weighted by Crippen LogP contribution is -2.41. The van der Waals surface area contributed by atoms with Gasteiger partial charge in [-0.1, -0.05) is 11.6 Å². The van der Waals surface area contributed by atoms with Gasteiger partial charge in [-0.05, 0) is 18.2 Å². The minimum absolute atomic E-state index is 0.163. The van der Waals surface area contributed by atoms with Gasteiger partial charge < -0.3 is 16.0 Å². The van der Waals surface area contributed by atoms with Crippen LogP contribution in [-0.4, -0.2) is 50.4 Å². The number of nitrogens with one attached hydrogen (secondary N) is 1. The van der Waals surface area contributed by atoms with E-state index >= 15 is 0 Å². The maximum atomic E-state index is 11.9. The molecule has 21 heavy (non-hydrogen) atoms. The minimum atomic E-state index is -2.89. The van der Waals surface area contributed by atoms with Crippen molar-refractivity contribution in [2.75, 3.05) is 42.2 Å². The standard InChI is InChI=1S/C13H18ClN3O3S/c14-10-1-2-11(15)12(9-10)16-13(18)3-4-17-5-7-21(19,20)8-6-17/h1-2,9H,3-8,15H2,(H,16,18). The first-order chi connectivity index (χ1) is 9.85. The zero-order valence-electron chi connectivity index (χ0n) is 11.5. The number of amides is 1. The van der Waals surface area contributed by atoms with Gasteiger partial charge in [0.15, 0.2) is 9.84 Å². The average Bonchev–Trinajstić information content (AvgIpc) is 2.42. The zero-order chi connectivity index (χ0) is 15.5. The first-order valence-corrected chi connectivity index (χ1v) is 8.83. The monoisotopic (exact) mass is 331 g/mol. The largest absolute Gasteiger partial charge is 0.397 e. The second-order valence-electron chi connectivity index (χ2n) is 5.02. The highest BCUT2D eigenvalue weighted by atomic mass is 35.5. The number of carbonyl (C=O) groups is 1. The van der Waals surface area contributed by atoms with Gasteiger partial charge in [-0.25, -0.2) is 8.42 Å². The zero-order valence-corrected chi connectivity index (χ0v) is 13.1. The summed E-state index contributed by atoms with van der Waals surface area (Å²) < 4.78 is 22.6. The summed E-state index contributed by atoms with van der Waals surface area (Å²) in [5, 5.41) is 3.21. The Hall–Kier alpha value is -1.31. The number of nitrogens with zero attached hydrogens (tertiary/aromatic N) is 1. The topological polar surface area (TPSA) is 92.5 Å². The van der Waals surface area contributed by atoms with Crippen LogP contribution in [0.4, 0.5) is 11.4 Å².